The second-order valence-corrected chi connectivity index (χ2v) is 6.53. The van der Waals surface area contributed by atoms with Gasteiger partial charge in [-0.25, -0.2) is 0 Å². The topological polar surface area (TPSA) is 16.1 Å². The first-order valence-electron chi connectivity index (χ1n) is 8.22. The highest BCUT2D eigenvalue weighted by atomic mass is 19.4. The lowest BCUT2D eigenvalue weighted by Crippen LogP contribution is -2.31. The molecule has 2 heterocycles. The maximum atomic E-state index is 12.6. The Morgan fingerprint density at radius 3 is 2.54 bits per heavy atom. The summed E-state index contributed by atoms with van der Waals surface area (Å²) in [6, 6.07) is 11.3. The number of aromatic nitrogens is 1. The van der Waals surface area contributed by atoms with Crippen LogP contribution in [0.4, 0.5) is 13.2 Å². The molecule has 1 unspecified atom stereocenters. The Morgan fingerprint density at radius 1 is 1.12 bits per heavy atom. The Labute approximate surface area is 140 Å². The van der Waals surface area contributed by atoms with Crippen LogP contribution in [0.1, 0.15) is 41.3 Å². The predicted molar refractivity (Wildman–Crippen MR) is 88.0 cm³/mol. The van der Waals surface area contributed by atoms with E-state index in [1.165, 1.54) is 18.6 Å². The largest absolute Gasteiger partial charge is 0.416 e. The summed E-state index contributed by atoms with van der Waals surface area (Å²) in [6.07, 6.45) is -1.43. The first kappa shape index (κ1) is 17.0. The number of alkyl halides is 3. The molecule has 1 fully saturated rings. The van der Waals surface area contributed by atoms with Crippen molar-refractivity contribution in [1.82, 2.24) is 9.88 Å². The van der Waals surface area contributed by atoms with Gasteiger partial charge in [-0.05, 0) is 56.3 Å². The first-order chi connectivity index (χ1) is 11.4. The molecule has 0 aliphatic carbocycles. The monoisotopic (exact) mass is 334 g/mol. The van der Waals surface area contributed by atoms with E-state index in [9.17, 15) is 13.2 Å². The Bertz CT molecular complexity index is 680. The minimum atomic E-state index is -4.29. The number of rotatable bonds is 3. The molecular formula is C19H21F3N2. The average molecular weight is 334 g/mol. The molecule has 0 saturated carbocycles. The zero-order chi connectivity index (χ0) is 17.2. The van der Waals surface area contributed by atoms with E-state index in [0.29, 0.717) is 12.3 Å². The molecule has 1 aromatic carbocycles. The molecule has 0 bridgehead atoms. The molecular weight excluding hydrogens is 313 g/mol. The molecule has 2 aromatic rings. The minimum absolute atomic E-state index is 0.441. The molecule has 128 valence electrons. The predicted octanol–water partition coefficient (Wildman–Crippen LogP) is 4.50. The van der Waals surface area contributed by atoms with Gasteiger partial charge in [-0.1, -0.05) is 18.2 Å². The van der Waals surface area contributed by atoms with E-state index in [2.05, 4.69) is 18.0 Å². The lowest BCUT2D eigenvalue weighted by Gasteiger charge is -2.29. The summed E-state index contributed by atoms with van der Waals surface area (Å²) < 4.78 is 37.9. The van der Waals surface area contributed by atoms with E-state index >= 15 is 0 Å². The van der Waals surface area contributed by atoms with Gasteiger partial charge >= 0.3 is 6.18 Å². The fourth-order valence-electron chi connectivity index (χ4n) is 3.25. The van der Waals surface area contributed by atoms with Crippen LogP contribution in [0.5, 0.6) is 0 Å². The van der Waals surface area contributed by atoms with Gasteiger partial charge in [0.15, 0.2) is 0 Å². The normalized spacial score (nSPS) is 19.4. The van der Waals surface area contributed by atoms with Gasteiger partial charge in [-0.3, -0.25) is 4.98 Å². The van der Waals surface area contributed by atoms with E-state index in [-0.39, 0.29) is 0 Å². The Balaban J connectivity index is 1.72. The summed E-state index contributed by atoms with van der Waals surface area (Å²) in [7, 11) is 2.12. The molecule has 1 aliphatic heterocycles. The number of pyridine rings is 1. The van der Waals surface area contributed by atoms with Crippen LogP contribution in [0, 0.1) is 0 Å². The fourth-order valence-corrected chi connectivity index (χ4v) is 3.25. The molecule has 3 rings (SSSR count). The van der Waals surface area contributed by atoms with Crippen molar-refractivity contribution in [2.24, 2.45) is 0 Å². The highest BCUT2D eigenvalue weighted by Crippen LogP contribution is 2.29. The zero-order valence-electron chi connectivity index (χ0n) is 13.7. The molecule has 1 atom stereocenters. The van der Waals surface area contributed by atoms with Gasteiger partial charge in [-0.2, -0.15) is 13.2 Å². The van der Waals surface area contributed by atoms with Gasteiger partial charge < -0.3 is 4.90 Å². The van der Waals surface area contributed by atoms with E-state index < -0.39 is 11.7 Å². The fraction of sp³-hybridized carbons (Fsp3) is 0.421. The summed E-state index contributed by atoms with van der Waals surface area (Å²) in [5.41, 5.74) is 2.22. The average Bonchev–Trinajstić information content (AvgIpc) is 2.55. The number of likely N-dealkylation sites (tertiary alicyclic amines) is 1. The molecule has 1 saturated heterocycles. The number of piperidine rings is 1. The Morgan fingerprint density at radius 2 is 1.88 bits per heavy atom. The highest BCUT2D eigenvalue weighted by molar-refractivity contribution is 5.28. The number of hydrogen-bond acceptors (Lipinski definition) is 2. The number of likely N-dealkylation sites (N-methyl/N-ethyl adjacent to an activating group) is 1. The number of halogens is 3. The van der Waals surface area contributed by atoms with Gasteiger partial charge in [0.1, 0.15) is 0 Å². The van der Waals surface area contributed by atoms with Crippen LogP contribution in [-0.4, -0.2) is 30.0 Å². The summed E-state index contributed by atoms with van der Waals surface area (Å²) in [5, 5.41) is 0. The molecule has 0 N–H and O–H groups in total. The lowest BCUT2D eigenvalue weighted by molar-refractivity contribution is -0.137. The summed E-state index contributed by atoms with van der Waals surface area (Å²) >= 11 is 0. The van der Waals surface area contributed by atoms with Gasteiger partial charge in [-0.15, -0.1) is 0 Å². The second-order valence-electron chi connectivity index (χ2n) is 6.53. The lowest BCUT2D eigenvalue weighted by atomic mass is 9.94. The van der Waals surface area contributed by atoms with Crippen LogP contribution in [0.2, 0.25) is 0 Å². The van der Waals surface area contributed by atoms with Crippen LogP contribution in [0.15, 0.2) is 42.5 Å². The van der Waals surface area contributed by atoms with Crippen LogP contribution >= 0.6 is 0 Å². The molecule has 0 amide bonds. The van der Waals surface area contributed by atoms with Crippen molar-refractivity contribution in [2.75, 3.05) is 20.1 Å². The van der Waals surface area contributed by atoms with Crippen molar-refractivity contribution in [1.29, 1.82) is 0 Å². The van der Waals surface area contributed by atoms with Gasteiger partial charge in [0.25, 0.3) is 0 Å². The molecule has 24 heavy (non-hydrogen) atoms. The zero-order valence-corrected chi connectivity index (χ0v) is 13.7. The van der Waals surface area contributed by atoms with Crippen molar-refractivity contribution in [3.63, 3.8) is 0 Å². The molecule has 1 aliphatic rings. The van der Waals surface area contributed by atoms with Gasteiger partial charge in [0, 0.05) is 30.3 Å². The van der Waals surface area contributed by atoms with Crippen LogP contribution in [0.25, 0.3) is 0 Å². The quantitative estimate of drug-likeness (QED) is 0.821. The second kappa shape index (κ2) is 6.93. The number of nitrogens with zero attached hydrogens (tertiary/aromatic N) is 2. The van der Waals surface area contributed by atoms with Gasteiger partial charge in [0.2, 0.25) is 0 Å². The van der Waals surface area contributed by atoms with Crippen LogP contribution < -0.4 is 0 Å². The SMILES string of the molecule is CN1CCCC(c2cccc(Cc3ccc(C(F)(F)F)cc3)n2)C1. The number of benzene rings is 1. The summed E-state index contributed by atoms with van der Waals surface area (Å²) in [6.45, 7) is 2.14. The molecule has 0 radical (unpaired) electrons. The Kier molecular flexibility index (Phi) is 4.90. The maximum Gasteiger partial charge on any atom is 0.416 e. The van der Waals surface area contributed by atoms with E-state index in [1.807, 2.05) is 12.1 Å². The molecule has 0 spiro atoms. The van der Waals surface area contributed by atoms with Crippen molar-refractivity contribution in [3.8, 4) is 0 Å². The number of hydrogen-bond donors (Lipinski definition) is 0. The van der Waals surface area contributed by atoms with Gasteiger partial charge in [0.05, 0.1) is 5.56 Å². The van der Waals surface area contributed by atoms with E-state index in [4.69, 9.17) is 4.98 Å². The third kappa shape index (κ3) is 4.15. The standard InChI is InChI=1S/C19H21F3N2/c1-24-11-3-4-15(13-24)18-6-2-5-17(23-18)12-14-7-9-16(10-8-14)19(20,21)22/h2,5-10,15H,3-4,11-13H2,1H3. The molecule has 2 nitrogen and oxygen atoms in total. The first-order valence-corrected chi connectivity index (χ1v) is 8.22. The Hall–Kier alpha value is -1.88. The van der Waals surface area contributed by atoms with Crippen LogP contribution in [0.3, 0.4) is 0 Å². The van der Waals surface area contributed by atoms with Crippen LogP contribution in [-0.2, 0) is 12.6 Å². The third-order valence-corrected chi connectivity index (χ3v) is 4.54. The molecule has 5 heteroatoms. The third-order valence-electron chi connectivity index (χ3n) is 4.54. The van der Waals surface area contributed by atoms with Crippen molar-refractivity contribution < 1.29 is 13.2 Å². The maximum absolute atomic E-state index is 12.6. The van der Waals surface area contributed by atoms with E-state index in [0.717, 1.165) is 48.6 Å². The van der Waals surface area contributed by atoms with Crippen molar-refractivity contribution >= 4 is 0 Å². The van der Waals surface area contributed by atoms with Crippen molar-refractivity contribution in [2.45, 2.75) is 31.4 Å². The summed E-state index contributed by atoms with van der Waals surface area (Å²) in [5.74, 6) is 0.441. The minimum Gasteiger partial charge on any atom is -0.306 e. The summed E-state index contributed by atoms with van der Waals surface area (Å²) in [4.78, 5) is 7.07. The highest BCUT2D eigenvalue weighted by Gasteiger charge is 2.29. The van der Waals surface area contributed by atoms with Crippen molar-refractivity contribution in [3.05, 3.63) is 65.0 Å². The molecule has 1 aromatic heterocycles. The smallest absolute Gasteiger partial charge is 0.306 e. The van der Waals surface area contributed by atoms with E-state index in [1.54, 1.807) is 0 Å².